The third-order valence-electron chi connectivity index (χ3n) is 4.90. The van der Waals surface area contributed by atoms with Gasteiger partial charge >= 0.3 is 0 Å². The molecule has 2 aromatic heterocycles. The minimum Gasteiger partial charge on any atom is -0.484 e. The van der Waals surface area contributed by atoms with Crippen LogP contribution in [0.1, 0.15) is 47.9 Å². The number of carbonyl (C=O) groups excluding carboxylic acids is 1. The maximum atomic E-state index is 12.9. The highest BCUT2D eigenvalue weighted by Crippen LogP contribution is 2.26. The van der Waals surface area contributed by atoms with Crippen LogP contribution >= 0.6 is 0 Å². The second-order valence-corrected chi connectivity index (χ2v) is 6.77. The summed E-state index contributed by atoms with van der Waals surface area (Å²) in [5.41, 5.74) is 0.619. The molecule has 8 nitrogen and oxygen atoms in total. The van der Waals surface area contributed by atoms with Gasteiger partial charge in [0.05, 0.1) is 0 Å². The predicted octanol–water partition coefficient (Wildman–Crippen LogP) is 2.88. The lowest BCUT2D eigenvalue weighted by Crippen LogP contribution is -2.40. The first kappa shape index (κ1) is 18.2. The SMILES string of the molecule is CCn1nccc1C(=O)N1CCCC(c2noc(COc3ccccc3)n2)C1. The van der Waals surface area contributed by atoms with Crippen LogP contribution in [-0.4, -0.2) is 43.8 Å². The van der Waals surface area contributed by atoms with E-state index in [1.165, 1.54) is 0 Å². The van der Waals surface area contributed by atoms with Crippen molar-refractivity contribution >= 4 is 5.91 Å². The number of nitrogens with zero attached hydrogens (tertiary/aromatic N) is 5. The summed E-state index contributed by atoms with van der Waals surface area (Å²) < 4.78 is 12.7. The van der Waals surface area contributed by atoms with E-state index in [0.717, 1.165) is 25.1 Å². The summed E-state index contributed by atoms with van der Waals surface area (Å²) >= 11 is 0. The number of amides is 1. The summed E-state index contributed by atoms with van der Waals surface area (Å²) in [6.45, 7) is 4.17. The molecule has 3 heterocycles. The fourth-order valence-electron chi connectivity index (χ4n) is 3.45. The fraction of sp³-hybridized carbons (Fsp3) is 0.400. The molecule has 0 saturated carbocycles. The van der Waals surface area contributed by atoms with Gasteiger partial charge in [-0.1, -0.05) is 23.4 Å². The number of hydrogen-bond acceptors (Lipinski definition) is 6. The molecular weight excluding hydrogens is 358 g/mol. The molecule has 3 aromatic rings. The molecule has 4 rings (SSSR count). The molecular formula is C20H23N5O3. The van der Waals surface area contributed by atoms with Crippen LogP contribution in [0.5, 0.6) is 5.75 Å². The van der Waals surface area contributed by atoms with Crippen molar-refractivity contribution in [3.8, 4) is 5.75 Å². The van der Waals surface area contributed by atoms with E-state index in [1.807, 2.05) is 42.2 Å². The van der Waals surface area contributed by atoms with Gasteiger partial charge in [0.15, 0.2) is 12.4 Å². The standard InChI is InChI=1S/C20H23N5O3/c1-2-25-17(10-11-21-25)20(26)24-12-6-7-15(13-24)19-22-18(28-23-19)14-27-16-8-4-3-5-9-16/h3-5,8-11,15H,2,6-7,12-14H2,1H3. The number of aromatic nitrogens is 4. The zero-order chi connectivity index (χ0) is 19.3. The van der Waals surface area contributed by atoms with Crippen molar-refractivity contribution in [3.05, 3.63) is 60.0 Å². The lowest BCUT2D eigenvalue weighted by molar-refractivity contribution is 0.0691. The van der Waals surface area contributed by atoms with Crippen molar-refractivity contribution in [3.63, 3.8) is 0 Å². The third-order valence-corrected chi connectivity index (χ3v) is 4.90. The molecule has 1 fully saturated rings. The Kier molecular flexibility index (Phi) is 5.36. The van der Waals surface area contributed by atoms with Crippen LogP contribution < -0.4 is 4.74 Å². The summed E-state index contributed by atoms with van der Waals surface area (Å²) in [4.78, 5) is 19.2. The van der Waals surface area contributed by atoms with Crippen LogP contribution in [0.3, 0.4) is 0 Å². The Morgan fingerprint density at radius 2 is 2.14 bits per heavy atom. The number of carbonyl (C=O) groups is 1. The van der Waals surface area contributed by atoms with Gasteiger partial charge < -0.3 is 14.2 Å². The van der Waals surface area contributed by atoms with Crippen LogP contribution in [0.15, 0.2) is 47.1 Å². The molecule has 28 heavy (non-hydrogen) atoms. The number of benzene rings is 1. The quantitative estimate of drug-likeness (QED) is 0.653. The number of hydrogen-bond donors (Lipinski definition) is 0. The van der Waals surface area contributed by atoms with Gasteiger partial charge in [-0.25, -0.2) is 0 Å². The Hall–Kier alpha value is -3.16. The molecule has 0 radical (unpaired) electrons. The van der Waals surface area contributed by atoms with Gasteiger partial charge in [0.1, 0.15) is 11.4 Å². The molecule has 1 aliphatic rings. The molecule has 1 atom stereocenters. The topological polar surface area (TPSA) is 86.3 Å². The minimum atomic E-state index is 0.000166. The van der Waals surface area contributed by atoms with E-state index in [9.17, 15) is 4.79 Å². The van der Waals surface area contributed by atoms with Gasteiger partial charge in [0.2, 0.25) is 0 Å². The molecule has 1 aromatic carbocycles. The zero-order valence-electron chi connectivity index (χ0n) is 15.8. The first-order valence-corrected chi connectivity index (χ1v) is 9.56. The summed E-state index contributed by atoms with van der Waals surface area (Å²) in [6.07, 6.45) is 3.49. The maximum Gasteiger partial charge on any atom is 0.272 e. The van der Waals surface area contributed by atoms with Crippen LogP contribution in [0.4, 0.5) is 0 Å². The minimum absolute atomic E-state index is 0.000166. The number of para-hydroxylation sites is 1. The number of ether oxygens (including phenoxy) is 1. The summed E-state index contributed by atoms with van der Waals surface area (Å²) in [7, 11) is 0. The first-order valence-electron chi connectivity index (χ1n) is 9.56. The number of likely N-dealkylation sites (tertiary alicyclic amines) is 1. The number of piperidine rings is 1. The van der Waals surface area contributed by atoms with Crippen molar-refractivity contribution in [1.82, 2.24) is 24.8 Å². The van der Waals surface area contributed by atoms with Crippen molar-refractivity contribution in [2.45, 2.75) is 38.8 Å². The smallest absolute Gasteiger partial charge is 0.272 e. The van der Waals surface area contributed by atoms with E-state index in [-0.39, 0.29) is 18.4 Å². The normalized spacial score (nSPS) is 16.9. The Labute approximate surface area is 163 Å². The van der Waals surface area contributed by atoms with E-state index >= 15 is 0 Å². The van der Waals surface area contributed by atoms with Gasteiger partial charge in [-0.3, -0.25) is 9.48 Å². The van der Waals surface area contributed by atoms with Crippen molar-refractivity contribution in [2.75, 3.05) is 13.1 Å². The van der Waals surface area contributed by atoms with Gasteiger partial charge in [-0.2, -0.15) is 10.1 Å². The van der Waals surface area contributed by atoms with Gasteiger partial charge in [0, 0.05) is 31.7 Å². The van der Waals surface area contributed by atoms with E-state index in [2.05, 4.69) is 15.2 Å². The van der Waals surface area contributed by atoms with Crippen LogP contribution in [0.2, 0.25) is 0 Å². The average Bonchev–Trinajstić information content (AvgIpc) is 3.42. The second kappa shape index (κ2) is 8.24. The maximum absolute atomic E-state index is 12.9. The molecule has 1 unspecified atom stereocenters. The number of aryl methyl sites for hydroxylation is 1. The van der Waals surface area contributed by atoms with Gasteiger partial charge in [-0.15, -0.1) is 0 Å². The Morgan fingerprint density at radius 3 is 2.96 bits per heavy atom. The lowest BCUT2D eigenvalue weighted by atomic mass is 9.97. The average molecular weight is 381 g/mol. The molecule has 0 bridgehead atoms. The monoisotopic (exact) mass is 381 g/mol. The van der Waals surface area contributed by atoms with Crippen LogP contribution in [-0.2, 0) is 13.2 Å². The largest absolute Gasteiger partial charge is 0.484 e. The lowest BCUT2D eigenvalue weighted by Gasteiger charge is -2.31. The van der Waals surface area contributed by atoms with Gasteiger partial charge in [-0.05, 0) is 38.0 Å². The van der Waals surface area contributed by atoms with E-state index in [1.54, 1.807) is 16.9 Å². The van der Waals surface area contributed by atoms with Crippen molar-refractivity contribution in [1.29, 1.82) is 0 Å². The van der Waals surface area contributed by atoms with E-state index in [0.29, 0.717) is 30.5 Å². The van der Waals surface area contributed by atoms with Crippen LogP contribution in [0, 0.1) is 0 Å². The number of rotatable bonds is 6. The predicted molar refractivity (Wildman–Crippen MR) is 101 cm³/mol. The summed E-state index contributed by atoms with van der Waals surface area (Å²) in [5, 5.41) is 8.31. The highest BCUT2D eigenvalue weighted by Gasteiger charge is 2.29. The summed E-state index contributed by atoms with van der Waals surface area (Å²) in [6, 6.07) is 11.3. The van der Waals surface area contributed by atoms with E-state index in [4.69, 9.17) is 9.26 Å². The first-order chi connectivity index (χ1) is 13.7. The molecule has 8 heteroatoms. The van der Waals surface area contributed by atoms with Crippen molar-refractivity contribution < 1.29 is 14.1 Å². The Morgan fingerprint density at radius 1 is 1.29 bits per heavy atom. The Balaban J connectivity index is 1.39. The highest BCUT2D eigenvalue weighted by atomic mass is 16.5. The fourth-order valence-corrected chi connectivity index (χ4v) is 3.45. The molecule has 1 saturated heterocycles. The van der Waals surface area contributed by atoms with Gasteiger partial charge in [0.25, 0.3) is 11.8 Å². The van der Waals surface area contributed by atoms with E-state index < -0.39 is 0 Å². The van der Waals surface area contributed by atoms with Crippen molar-refractivity contribution in [2.24, 2.45) is 0 Å². The molecule has 0 aliphatic carbocycles. The molecule has 0 N–H and O–H groups in total. The Bertz CT molecular complexity index is 921. The summed E-state index contributed by atoms with van der Waals surface area (Å²) in [5.74, 6) is 1.88. The second-order valence-electron chi connectivity index (χ2n) is 6.77. The highest BCUT2D eigenvalue weighted by molar-refractivity contribution is 5.92. The molecule has 1 aliphatic heterocycles. The molecule has 1 amide bonds. The third kappa shape index (κ3) is 3.90. The molecule has 146 valence electrons. The zero-order valence-corrected chi connectivity index (χ0v) is 15.8. The molecule has 0 spiro atoms. The van der Waals surface area contributed by atoms with Crippen LogP contribution in [0.25, 0.3) is 0 Å².